The van der Waals surface area contributed by atoms with Crippen molar-refractivity contribution in [2.75, 3.05) is 0 Å². The van der Waals surface area contributed by atoms with Crippen molar-refractivity contribution >= 4 is 0 Å². The van der Waals surface area contributed by atoms with Gasteiger partial charge in [0.1, 0.15) is 11.5 Å². The number of ether oxygens (including phenoxy) is 4. The molecule has 8 heteroatoms. The minimum atomic E-state index is -0.557. The Labute approximate surface area is 244 Å². The van der Waals surface area contributed by atoms with Crippen LogP contribution in [0.4, 0.5) is 0 Å². The van der Waals surface area contributed by atoms with Gasteiger partial charge in [-0.25, -0.2) is 0 Å². The third-order valence-corrected chi connectivity index (χ3v) is 8.19. The molecular weight excluding hydrogens is 524 g/mol. The second-order valence-electron chi connectivity index (χ2n) is 11.6. The molecule has 41 heavy (non-hydrogen) atoms. The highest BCUT2D eigenvalue weighted by atomic mass is 16.7. The van der Waals surface area contributed by atoms with E-state index < -0.39 is 18.7 Å². The van der Waals surface area contributed by atoms with Crippen LogP contribution < -0.4 is 0 Å². The predicted molar refractivity (Wildman–Crippen MR) is 155 cm³/mol. The van der Waals surface area contributed by atoms with E-state index in [1.807, 2.05) is 19.1 Å². The summed E-state index contributed by atoms with van der Waals surface area (Å²) in [6, 6.07) is 13.9. The lowest BCUT2D eigenvalue weighted by Crippen LogP contribution is -2.36. The lowest BCUT2D eigenvalue weighted by molar-refractivity contribution is -0.253. The summed E-state index contributed by atoms with van der Waals surface area (Å²) in [5, 5.41) is 40.7. The second-order valence-corrected chi connectivity index (χ2v) is 11.6. The average Bonchev–Trinajstić information content (AvgIpc) is 2.96. The zero-order valence-corrected chi connectivity index (χ0v) is 24.4. The number of phenols is 2. The normalized spacial score (nSPS) is 28.3. The van der Waals surface area contributed by atoms with Gasteiger partial charge in [0.2, 0.25) is 0 Å². The fourth-order valence-electron chi connectivity index (χ4n) is 5.80. The molecule has 2 heterocycles. The highest BCUT2D eigenvalue weighted by molar-refractivity contribution is 5.29. The first-order chi connectivity index (χ1) is 19.8. The van der Waals surface area contributed by atoms with Crippen LogP contribution in [0.25, 0.3) is 0 Å². The molecule has 8 nitrogen and oxygen atoms in total. The van der Waals surface area contributed by atoms with Gasteiger partial charge in [-0.1, -0.05) is 38.1 Å². The summed E-state index contributed by atoms with van der Waals surface area (Å²) in [6.45, 7) is 4.07. The fourth-order valence-corrected chi connectivity index (χ4v) is 5.80. The molecule has 0 amide bonds. The molecule has 228 valence electrons. The maximum atomic E-state index is 10.9. The van der Waals surface area contributed by atoms with E-state index >= 15 is 0 Å². The van der Waals surface area contributed by atoms with Crippen molar-refractivity contribution in [2.45, 2.75) is 134 Å². The van der Waals surface area contributed by atoms with Crippen LogP contribution in [0, 0.1) is 0 Å². The predicted octanol–water partition coefficient (Wildman–Crippen LogP) is 6.42. The zero-order valence-electron chi connectivity index (χ0n) is 24.4. The molecule has 2 aliphatic rings. The standard InChI is InChI=1S/C33H48O8/c1-3-24(34)11-7-15-29-21-30(40-33(39-29)23-10-6-13-26(36)18-23)16-8-14-27(37)19-31-20-28(4-2)38-32(41-31)22-9-5-12-25(35)17-22/h5-6,9-10,12-13,17-18,24,27-37H,3-4,7-8,11,14-16,19-21H2,1-2H3. The van der Waals surface area contributed by atoms with Crippen LogP contribution >= 0.6 is 0 Å². The molecule has 0 bridgehead atoms. The molecule has 2 aliphatic heterocycles. The summed E-state index contributed by atoms with van der Waals surface area (Å²) in [7, 11) is 0. The van der Waals surface area contributed by atoms with E-state index in [2.05, 4.69) is 6.92 Å². The van der Waals surface area contributed by atoms with E-state index in [-0.39, 0.29) is 42.0 Å². The molecule has 2 saturated heterocycles. The smallest absolute Gasteiger partial charge is 0.184 e. The Morgan fingerprint density at radius 1 is 0.683 bits per heavy atom. The Kier molecular flexibility index (Phi) is 12.3. The van der Waals surface area contributed by atoms with Gasteiger partial charge in [-0.05, 0) is 82.1 Å². The minimum absolute atomic E-state index is 0.00560. The fraction of sp³-hybridized carbons (Fsp3) is 0.636. The first kappa shape index (κ1) is 31.7. The van der Waals surface area contributed by atoms with Crippen molar-refractivity contribution in [3.05, 3.63) is 59.7 Å². The molecule has 2 aromatic rings. The molecule has 2 fully saturated rings. The molecule has 0 aromatic heterocycles. The highest BCUT2D eigenvalue weighted by Crippen LogP contribution is 2.36. The van der Waals surface area contributed by atoms with E-state index in [4.69, 9.17) is 18.9 Å². The molecule has 4 rings (SSSR count). The van der Waals surface area contributed by atoms with Gasteiger partial charge in [0.15, 0.2) is 12.6 Å². The number of phenolic OH excluding ortho intramolecular Hbond substituents is 2. The van der Waals surface area contributed by atoms with Crippen molar-refractivity contribution < 1.29 is 39.4 Å². The summed E-state index contributed by atoms with van der Waals surface area (Å²) in [6.07, 6.45) is 6.32. The maximum Gasteiger partial charge on any atom is 0.184 e. The Bertz CT molecular complexity index is 1050. The van der Waals surface area contributed by atoms with Crippen molar-refractivity contribution in [2.24, 2.45) is 0 Å². The van der Waals surface area contributed by atoms with Crippen molar-refractivity contribution in [3.8, 4) is 11.5 Å². The summed E-state index contributed by atoms with van der Waals surface area (Å²) in [5.41, 5.74) is 1.57. The van der Waals surface area contributed by atoms with Crippen LogP contribution in [0.5, 0.6) is 11.5 Å². The van der Waals surface area contributed by atoms with Gasteiger partial charge < -0.3 is 39.4 Å². The van der Waals surface area contributed by atoms with Gasteiger partial charge in [-0.3, -0.25) is 0 Å². The van der Waals surface area contributed by atoms with E-state index in [0.29, 0.717) is 12.8 Å². The Balaban J connectivity index is 1.28. The molecule has 0 saturated carbocycles. The van der Waals surface area contributed by atoms with Crippen LogP contribution in [0.1, 0.15) is 108 Å². The molecule has 8 atom stereocenters. The number of hydrogen-bond donors (Lipinski definition) is 4. The Hall–Kier alpha value is -2.20. The number of aliphatic hydroxyl groups excluding tert-OH is 2. The third kappa shape index (κ3) is 9.94. The van der Waals surface area contributed by atoms with E-state index in [1.54, 1.807) is 36.4 Å². The molecule has 4 N–H and O–H groups in total. The first-order valence-corrected chi connectivity index (χ1v) is 15.4. The second kappa shape index (κ2) is 15.9. The van der Waals surface area contributed by atoms with Gasteiger partial charge in [0, 0.05) is 24.0 Å². The number of aliphatic hydroxyl groups is 2. The lowest BCUT2D eigenvalue weighted by Gasteiger charge is -2.37. The van der Waals surface area contributed by atoms with Gasteiger partial charge in [-0.2, -0.15) is 0 Å². The molecule has 0 radical (unpaired) electrons. The van der Waals surface area contributed by atoms with Gasteiger partial charge >= 0.3 is 0 Å². The lowest BCUT2D eigenvalue weighted by atomic mass is 9.96. The number of benzene rings is 2. The van der Waals surface area contributed by atoms with E-state index in [0.717, 1.165) is 68.9 Å². The summed E-state index contributed by atoms with van der Waals surface area (Å²) in [4.78, 5) is 0. The molecule has 0 spiro atoms. The van der Waals surface area contributed by atoms with E-state index in [9.17, 15) is 20.4 Å². The summed E-state index contributed by atoms with van der Waals surface area (Å²) < 4.78 is 24.9. The molecular formula is C33H48O8. The average molecular weight is 573 g/mol. The number of hydrogen-bond acceptors (Lipinski definition) is 8. The minimum Gasteiger partial charge on any atom is -0.508 e. The number of rotatable bonds is 14. The first-order valence-electron chi connectivity index (χ1n) is 15.4. The summed E-state index contributed by atoms with van der Waals surface area (Å²) >= 11 is 0. The maximum absolute atomic E-state index is 10.9. The van der Waals surface area contributed by atoms with Crippen LogP contribution in [0.3, 0.4) is 0 Å². The van der Waals surface area contributed by atoms with Gasteiger partial charge in [0.05, 0.1) is 36.6 Å². The monoisotopic (exact) mass is 572 g/mol. The Morgan fingerprint density at radius 2 is 1.17 bits per heavy atom. The van der Waals surface area contributed by atoms with Gasteiger partial charge in [0.25, 0.3) is 0 Å². The van der Waals surface area contributed by atoms with Gasteiger partial charge in [-0.15, -0.1) is 0 Å². The molecule has 0 aliphatic carbocycles. The van der Waals surface area contributed by atoms with E-state index in [1.165, 1.54) is 0 Å². The largest absolute Gasteiger partial charge is 0.508 e. The topological polar surface area (TPSA) is 118 Å². The zero-order chi connectivity index (χ0) is 29.2. The summed E-state index contributed by atoms with van der Waals surface area (Å²) in [5.74, 6) is 0.349. The number of aromatic hydroxyl groups is 2. The highest BCUT2D eigenvalue weighted by Gasteiger charge is 2.33. The molecule has 8 unspecified atom stereocenters. The van der Waals surface area contributed by atoms with Crippen molar-refractivity contribution in [3.63, 3.8) is 0 Å². The van der Waals surface area contributed by atoms with Crippen LogP contribution in [-0.2, 0) is 18.9 Å². The van der Waals surface area contributed by atoms with Crippen LogP contribution in [0.2, 0.25) is 0 Å². The van der Waals surface area contributed by atoms with Crippen LogP contribution in [0.15, 0.2) is 48.5 Å². The Morgan fingerprint density at radius 3 is 1.68 bits per heavy atom. The van der Waals surface area contributed by atoms with Crippen LogP contribution in [-0.4, -0.2) is 57.0 Å². The van der Waals surface area contributed by atoms with Crippen molar-refractivity contribution in [1.29, 1.82) is 0 Å². The third-order valence-electron chi connectivity index (χ3n) is 8.19. The quantitative estimate of drug-likeness (QED) is 0.205. The SMILES string of the molecule is CCC(O)CCCC1CC(CCCC(O)CC2CC(CC)OC(c3cccc(O)c3)O2)OC(c2cccc(O)c2)O1. The molecule has 2 aromatic carbocycles. The van der Waals surface area contributed by atoms with Crippen molar-refractivity contribution in [1.82, 2.24) is 0 Å².